The molecule has 148 valence electrons. The van der Waals surface area contributed by atoms with Gasteiger partial charge in [-0.1, -0.05) is 64.0 Å². The summed E-state index contributed by atoms with van der Waals surface area (Å²) in [6.07, 6.45) is 17.9. The standard InChI is InChI=1S/C21H40O4/c1-3-4-5-12-15-20(22)16-13-10-8-6-7-9-11-14-17-21(23)25-19-18-24-2/h10,13,20,22H,3-9,11-12,14-19H2,1-2H3/b13-10+. The third-order valence-corrected chi connectivity index (χ3v) is 4.27. The number of aliphatic hydroxyl groups excluding tert-OH is 1. The Kier molecular flexibility index (Phi) is 18.8. The van der Waals surface area contributed by atoms with E-state index in [9.17, 15) is 9.90 Å². The van der Waals surface area contributed by atoms with Crippen LogP contribution in [-0.4, -0.2) is 37.5 Å². The molecule has 0 saturated carbocycles. The largest absolute Gasteiger partial charge is 0.463 e. The van der Waals surface area contributed by atoms with Crippen molar-refractivity contribution >= 4 is 5.97 Å². The maximum atomic E-state index is 11.4. The van der Waals surface area contributed by atoms with Crippen molar-refractivity contribution < 1.29 is 19.4 Å². The van der Waals surface area contributed by atoms with E-state index >= 15 is 0 Å². The third kappa shape index (κ3) is 19.3. The van der Waals surface area contributed by atoms with E-state index in [2.05, 4.69) is 19.1 Å². The van der Waals surface area contributed by atoms with Gasteiger partial charge in [0.1, 0.15) is 6.61 Å². The first-order chi connectivity index (χ1) is 12.2. The molecule has 0 bridgehead atoms. The fourth-order valence-electron chi connectivity index (χ4n) is 2.67. The van der Waals surface area contributed by atoms with E-state index < -0.39 is 0 Å². The normalized spacial score (nSPS) is 12.6. The molecule has 0 spiro atoms. The quantitative estimate of drug-likeness (QED) is 0.209. The van der Waals surface area contributed by atoms with Gasteiger partial charge in [-0.25, -0.2) is 0 Å². The van der Waals surface area contributed by atoms with Crippen LogP contribution in [0.25, 0.3) is 0 Å². The summed E-state index contributed by atoms with van der Waals surface area (Å²) in [5.41, 5.74) is 0. The second-order valence-electron chi connectivity index (χ2n) is 6.73. The zero-order chi connectivity index (χ0) is 18.6. The van der Waals surface area contributed by atoms with Crippen LogP contribution in [0.2, 0.25) is 0 Å². The number of carbonyl (C=O) groups is 1. The molecule has 0 rings (SSSR count). The maximum Gasteiger partial charge on any atom is 0.305 e. The molecule has 0 saturated heterocycles. The molecule has 1 unspecified atom stereocenters. The van der Waals surface area contributed by atoms with Gasteiger partial charge in [0.15, 0.2) is 0 Å². The number of rotatable bonds is 18. The van der Waals surface area contributed by atoms with Crippen LogP contribution in [0.4, 0.5) is 0 Å². The lowest BCUT2D eigenvalue weighted by atomic mass is 10.1. The number of unbranched alkanes of at least 4 members (excludes halogenated alkanes) is 8. The van der Waals surface area contributed by atoms with Crippen molar-refractivity contribution in [3.8, 4) is 0 Å². The summed E-state index contributed by atoms with van der Waals surface area (Å²) < 4.78 is 9.85. The average Bonchev–Trinajstić information content (AvgIpc) is 2.60. The molecule has 0 aromatic carbocycles. The zero-order valence-electron chi connectivity index (χ0n) is 16.5. The monoisotopic (exact) mass is 356 g/mol. The van der Waals surface area contributed by atoms with E-state index in [1.165, 1.54) is 38.5 Å². The fraction of sp³-hybridized carbons (Fsp3) is 0.857. The topological polar surface area (TPSA) is 55.8 Å². The Hall–Kier alpha value is -0.870. The van der Waals surface area contributed by atoms with Crippen molar-refractivity contribution in [3.05, 3.63) is 12.2 Å². The highest BCUT2D eigenvalue weighted by Crippen LogP contribution is 2.10. The minimum atomic E-state index is -0.170. The number of carbonyl (C=O) groups excluding carboxylic acids is 1. The fourth-order valence-corrected chi connectivity index (χ4v) is 2.67. The van der Waals surface area contributed by atoms with Crippen molar-refractivity contribution in [1.82, 2.24) is 0 Å². The van der Waals surface area contributed by atoms with Crippen LogP contribution in [0.3, 0.4) is 0 Å². The lowest BCUT2D eigenvalue weighted by Gasteiger charge is -2.07. The van der Waals surface area contributed by atoms with Gasteiger partial charge in [0.2, 0.25) is 0 Å². The Morgan fingerprint density at radius 3 is 2.44 bits per heavy atom. The van der Waals surface area contributed by atoms with E-state index in [4.69, 9.17) is 9.47 Å². The second-order valence-corrected chi connectivity index (χ2v) is 6.73. The number of hydrogen-bond donors (Lipinski definition) is 1. The molecule has 0 radical (unpaired) electrons. The smallest absolute Gasteiger partial charge is 0.305 e. The van der Waals surface area contributed by atoms with Crippen LogP contribution in [0.1, 0.15) is 90.4 Å². The second kappa shape index (κ2) is 19.5. The number of ether oxygens (including phenoxy) is 2. The van der Waals surface area contributed by atoms with Crippen LogP contribution < -0.4 is 0 Å². The number of aliphatic hydroxyl groups is 1. The summed E-state index contributed by atoms with van der Waals surface area (Å²) in [5, 5.41) is 9.87. The SMILES string of the molecule is CCCCCCC(O)C/C=C/CCCCCCCC(=O)OCCOC. The number of hydrogen-bond acceptors (Lipinski definition) is 4. The van der Waals surface area contributed by atoms with Gasteiger partial charge in [-0.05, 0) is 32.1 Å². The Balaban J connectivity index is 3.30. The minimum absolute atomic E-state index is 0.117. The molecular formula is C21H40O4. The van der Waals surface area contributed by atoms with Crippen LogP contribution in [0, 0.1) is 0 Å². The molecule has 0 aliphatic rings. The van der Waals surface area contributed by atoms with Crippen LogP contribution in [0.5, 0.6) is 0 Å². The highest BCUT2D eigenvalue weighted by atomic mass is 16.6. The molecule has 0 aliphatic heterocycles. The van der Waals surface area contributed by atoms with Crippen molar-refractivity contribution in [1.29, 1.82) is 0 Å². The summed E-state index contributed by atoms with van der Waals surface area (Å²) in [7, 11) is 1.60. The minimum Gasteiger partial charge on any atom is -0.463 e. The van der Waals surface area contributed by atoms with E-state index in [1.807, 2.05) is 0 Å². The first kappa shape index (κ1) is 24.1. The predicted molar refractivity (Wildman–Crippen MR) is 104 cm³/mol. The predicted octanol–water partition coefficient (Wildman–Crippen LogP) is 5.18. The maximum absolute atomic E-state index is 11.4. The first-order valence-corrected chi connectivity index (χ1v) is 10.2. The molecule has 0 heterocycles. The van der Waals surface area contributed by atoms with Gasteiger partial charge in [0, 0.05) is 13.5 Å². The van der Waals surface area contributed by atoms with Gasteiger partial charge in [0.05, 0.1) is 12.7 Å². The van der Waals surface area contributed by atoms with Crippen molar-refractivity contribution in [2.75, 3.05) is 20.3 Å². The average molecular weight is 357 g/mol. The summed E-state index contributed by atoms with van der Waals surface area (Å²) >= 11 is 0. The molecule has 4 heteroatoms. The summed E-state index contributed by atoms with van der Waals surface area (Å²) in [6, 6.07) is 0. The third-order valence-electron chi connectivity index (χ3n) is 4.27. The number of esters is 1. The van der Waals surface area contributed by atoms with Crippen molar-refractivity contribution in [3.63, 3.8) is 0 Å². The number of methoxy groups -OCH3 is 1. The molecule has 1 N–H and O–H groups in total. The zero-order valence-corrected chi connectivity index (χ0v) is 16.5. The molecule has 0 aromatic rings. The lowest BCUT2D eigenvalue weighted by Crippen LogP contribution is -2.09. The molecular weight excluding hydrogens is 316 g/mol. The summed E-state index contributed by atoms with van der Waals surface area (Å²) in [4.78, 5) is 11.4. The van der Waals surface area contributed by atoms with Gasteiger partial charge in [-0.3, -0.25) is 4.79 Å². The highest BCUT2D eigenvalue weighted by Gasteiger charge is 2.02. The van der Waals surface area contributed by atoms with Crippen LogP contribution >= 0.6 is 0 Å². The summed E-state index contributed by atoms with van der Waals surface area (Å²) in [6.45, 7) is 3.03. The molecule has 0 aliphatic carbocycles. The Morgan fingerprint density at radius 1 is 0.960 bits per heavy atom. The highest BCUT2D eigenvalue weighted by molar-refractivity contribution is 5.69. The Morgan fingerprint density at radius 2 is 1.68 bits per heavy atom. The van der Waals surface area contributed by atoms with E-state index in [-0.39, 0.29) is 12.1 Å². The molecule has 0 amide bonds. The molecule has 4 nitrogen and oxygen atoms in total. The number of allylic oxidation sites excluding steroid dienone is 1. The van der Waals surface area contributed by atoms with E-state index in [0.717, 1.165) is 38.5 Å². The van der Waals surface area contributed by atoms with Gasteiger partial charge >= 0.3 is 5.97 Å². The van der Waals surface area contributed by atoms with Crippen molar-refractivity contribution in [2.24, 2.45) is 0 Å². The molecule has 25 heavy (non-hydrogen) atoms. The Bertz CT molecular complexity index is 315. The van der Waals surface area contributed by atoms with Crippen LogP contribution in [-0.2, 0) is 14.3 Å². The lowest BCUT2D eigenvalue weighted by molar-refractivity contribution is -0.145. The van der Waals surface area contributed by atoms with Gasteiger partial charge in [0.25, 0.3) is 0 Å². The Labute approximate surface area is 155 Å². The first-order valence-electron chi connectivity index (χ1n) is 10.2. The summed E-state index contributed by atoms with van der Waals surface area (Å²) in [5.74, 6) is -0.117. The molecule has 0 aromatic heterocycles. The van der Waals surface area contributed by atoms with Crippen LogP contribution in [0.15, 0.2) is 12.2 Å². The van der Waals surface area contributed by atoms with Crippen molar-refractivity contribution in [2.45, 2.75) is 96.5 Å². The molecule has 0 fully saturated rings. The van der Waals surface area contributed by atoms with Gasteiger partial charge in [-0.2, -0.15) is 0 Å². The molecule has 1 atom stereocenters. The van der Waals surface area contributed by atoms with E-state index in [1.54, 1.807) is 7.11 Å². The van der Waals surface area contributed by atoms with Gasteiger partial charge < -0.3 is 14.6 Å². The van der Waals surface area contributed by atoms with Gasteiger partial charge in [-0.15, -0.1) is 0 Å². The van der Waals surface area contributed by atoms with E-state index in [0.29, 0.717) is 19.6 Å².